The van der Waals surface area contributed by atoms with Crippen LogP contribution in [0, 0.1) is 0 Å². The van der Waals surface area contributed by atoms with Gasteiger partial charge in [-0.2, -0.15) is 0 Å². The number of hydrogen-bond acceptors (Lipinski definition) is 6. The van der Waals surface area contributed by atoms with E-state index in [9.17, 15) is 4.79 Å². The van der Waals surface area contributed by atoms with Crippen molar-refractivity contribution in [3.05, 3.63) is 34.9 Å². The summed E-state index contributed by atoms with van der Waals surface area (Å²) in [5.41, 5.74) is 4.11. The fraction of sp³-hybridized carbons (Fsp3) is 0.609. The number of aryl methyl sites for hydroxylation is 2. The summed E-state index contributed by atoms with van der Waals surface area (Å²) < 4.78 is 7.70. The second-order valence-corrected chi connectivity index (χ2v) is 9.74. The Morgan fingerprint density at radius 3 is 2.74 bits per heavy atom. The SMILES string of the molecule is C[C@H](NC(=O)CSc1nnc(N2CCOCC2)n1C1CC1)c1ccc2c(c1)CCCC2. The van der Waals surface area contributed by atoms with Crippen LogP contribution in [-0.2, 0) is 22.4 Å². The highest BCUT2D eigenvalue weighted by molar-refractivity contribution is 7.99. The molecular formula is C23H31N5O2S. The molecule has 5 rings (SSSR count). The second-order valence-electron chi connectivity index (χ2n) is 8.80. The number of rotatable bonds is 7. The molecular weight excluding hydrogens is 410 g/mol. The number of aromatic nitrogens is 3. The Balaban J connectivity index is 1.20. The number of thioether (sulfide) groups is 1. The lowest BCUT2D eigenvalue weighted by molar-refractivity contribution is -0.119. The summed E-state index contributed by atoms with van der Waals surface area (Å²) in [6, 6.07) is 7.16. The average molecular weight is 442 g/mol. The van der Waals surface area contributed by atoms with Crippen LogP contribution in [0.3, 0.4) is 0 Å². The lowest BCUT2D eigenvalue weighted by Crippen LogP contribution is -2.38. The van der Waals surface area contributed by atoms with Crippen molar-refractivity contribution in [2.75, 3.05) is 37.0 Å². The lowest BCUT2D eigenvalue weighted by Gasteiger charge is -2.27. The number of carbonyl (C=O) groups excluding carboxylic acids is 1. The monoisotopic (exact) mass is 441 g/mol. The van der Waals surface area contributed by atoms with Crippen molar-refractivity contribution in [3.8, 4) is 0 Å². The van der Waals surface area contributed by atoms with Gasteiger partial charge in [0.15, 0.2) is 5.16 Å². The van der Waals surface area contributed by atoms with E-state index in [0.29, 0.717) is 11.8 Å². The molecule has 0 radical (unpaired) electrons. The molecule has 2 heterocycles. The number of nitrogens with one attached hydrogen (secondary N) is 1. The van der Waals surface area contributed by atoms with Crippen molar-refractivity contribution in [1.82, 2.24) is 20.1 Å². The van der Waals surface area contributed by atoms with Crippen LogP contribution >= 0.6 is 11.8 Å². The van der Waals surface area contributed by atoms with Gasteiger partial charge in [0.05, 0.1) is 25.0 Å². The molecule has 31 heavy (non-hydrogen) atoms. The van der Waals surface area contributed by atoms with Gasteiger partial charge in [-0.3, -0.25) is 9.36 Å². The number of hydrogen-bond donors (Lipinski definition) is 1. The molecule has 1 aromatic carbocycles. The van der Waals surface area contributed by atoms with Crippen molar-refractivity contribution >= 4 is 23.6 Å². The molecule has 2 fully saturated rings. The van der Waals surface area contributed by atoms with Crippen LogP contribution in [0.1, 0.15) is 61.4 Å². The first-order valence-electron chi connectivity index (χ1n) is 11.5. The predicted octanol–water partition coefficient (Wildman–Crippen LogP) is 3.30. The van der Waals surface area contributed by atoms with E-state index in [1.807, 2.05) is 0 Å². The second kappa shape index (κ2) is 9.20. The van der Waals surface area contributed by atoms with E-state index in [2.05, 4.69) is 50.1 Å². The van der Waals surface area contributed by atoms with Crippen LogP contribution in [0.25, 0.3) is 0 Å². The van der Waals surface area contributed by atoms with Gasteiger partial charge in [-0.25, -0.2) is 0 Å². The van der Waals surface area contributed by atoms with Crippen molar-refractivity contribution in [3.63, 3.8) is 0 Å². The fourth-order valence-corrected chi connectivity index (χ4v) is 5.33. The first-order chi connectivity index (χ1) is 15.2. The summed E-state index contributed by atoms with van der Waals surface area (Å²) >= 11 is 1.49. The van der Waals surface area contributed by atoms with Gasteiger partial charge in [0.25, 0.3) is 0 Å². The van der Waals surface area contributed by atoms with E-state index in [-0.39, 0.29) is 11.9 Å². The highest BCUT2D eigenvalue weighted by Gasteiger charge is 2.32. The molecule has 3 aliphatic rings. The van der Waals surface area contributed by atoms with Crippen LogP contribution in [0.4, 0.5) is 5.95 Å². The number of fused-ring (bicyclic) bond motifs is 1. The Bertz CT molecular complexity index is 936. The molecule has 0 unspecified atom stereocenters. The van der Waals surface area contributed by atoms with Crippen LogP contribution in [0.5, 0.6) is 0 Å². The maximum atomic E-state index is 12.7. The zero-order chi connectivity index (χ0) is 21.2. The van der Waals surface area contributed by atoms with Crippen molar-refractivity contribution < 1.29 is 9.53 Å². The Hall–Kier alpha value is -2.06. The van der Waals surface area contributed by atoms with Gasteiger partial charge in [0.2, 0.25) is 11.9 Å². The molecule has 1 atom stereocenters. The lowest BCUT2D eigenvalue weighted by atomic mass is 9.89. The minimum Gasteiger partial charge on any atom is -0.378 e. The first-order valence-corrected chi connectivity index (χ1v) is 12.5. The van der Waals surface area contributed by atoms with Gasteiger partial charge in [0, 0.05) is 19.1 Å². The number of ether oxygens (including phenoxy) is 1. The van der Waals surface area contributed by atoms with Crippen molar-refractivity contribution in [1.29, 1.82) is 0 Å². The molecule has 166 valence electrons. The van der Waals surface area contributed by atoms with Crippen molar-refractivity contribution in [2.24, 2.45) is 0 Å². The zero-order valence-electron chi connectivity index (χ0n) is 18.2. The highest BCUT2D eigenvalue weighted by atomic mass is 32.2. The summed E-state index contributed by atoms with van der Waals surface area (Å²) in [5, 5.41) is 12.9. The summed E-state index contributed by atoms with van der Waals surface area (Å²) in [4.78, 5) is 14.9. The highest BCUT2D eigenvalue weighted by Crippen LogP contribution is 2.41. The van der Waals surface area contributed by atoms with Crippen LogP contribution in [-0.4, -0.2) is 52.7 Å². The standard InChI is InChI=1S/C23H31N5O2S/c1-16(18-7-6-17-4-2-3-5-19(17)14-18)24-21(29)15-31-23-26-25-22(28(23)20-8-9-20)27-10-12-30-13-11-27/h6-7,14,16,20H,2-5,8-13,15H2,1H3,(H,24,29)/t16-/m0/s1. The average Bonchev–Trinajstić information content (AvgIpc) is 3.56. The Morgan fingerprint density at radius 2 is 1.97 bits per heavy atom. The van der Waals surface area contributed by atoms with E-state index >= 15 is 0 Å². The van der Waals surface area contributed by atoms with Gasteiger partial charge >= 0.3 is 0 Å². The zero-order valence-corrected chi connectivity index (χ0v) is 19.0. The number of anilines is 1. The van der Waals surface area contributed by atoms with E-state index in [1.54, 1.807) is 0 Å². The minimum absolute atomic E-state index is 0.00513. The summed E-state index contributed by atoms with van der Waals surface area (Å²) in [5.74, 6) is 1.31. The summed E-state index contributed by atoms with van der Waals surface area (Å²) in [6.45, 7) is 5.20. The number of morpholine rings is 1. The fourth-order valence-electron chi connectivity index (χ4n) is 4.52. The topological polar surface area (TPSA) is 72.3 Å². The van der Waals surface area contributed by atoms with Gasteiger partial charge < -0.3 is 15.0 Å². The normalized spacial score (nSPS) is 19.7. The maximum Gasteiger partial charge on any atom is 0.230 e. The molecule has 1 saturated carbocycles. The van der Waals surface area contributed by atoms with Crippen LogP contribution in [0.2, 0.25) is 0 Å². The molecule has 1 N–H and O–H groups in total. The first kappa shape index (κ1) is 20.8. The molecule has 8 heteroatoms. The summed E-state index contributed by atoms with van der Waals surface area (Å²) in [7, 11) is 0. The molecule has 0 bridgehead atoms. The molecule has 1 aromatic heterocycles. The Kier molecular flexibility index (Phi) is 6.18. The van der Waals surface area contributed by atoms with Crippen molar-refractivity contribution in [2.45, 2.75) is 62.7 Å². The van der Waals surface area contributed by atoms with Gasteiger partial charge in [-0.15, -0.1) is 10.2 Å². The van der Waals surface area contributed by atoms with E-state index in [1.165, 1.54) is 47.7 Å². The van der Waals surface area contributed by atoms with Gasteiger partial charge in [-0.05, 0) is 62.1 Å². The number of nitrogens with zero attached hydrogens (tertiary/aromatic N) is 4. The third-order valence-electron chi connectivity index (χ3n) is 6.43. The molecule has 1 aliphatic heterocycles. The molecule has 1 amide bonds. The maximum absolute atomic E-state index is 12.7. The Labute approximate surface area is 187 Å². The van der Waals surface area contributed by atoms with E-state index < -0.39 is 0 Å². The summed E-state index contributed by atoms with van der Waals surface area (Å²) in [6.07, 6.45) is 7.20. The number of amides is 1. The number of benzene rings is 1. The largest absolute Gasteiger partial charge is 0.378 e. The van der Waals surface area contributed by atoms with E-state index in [4.69, 9.17) is 4.74 Å². The third-order valence-corrected chi connectivity index (χ3v) is 7.38. The molecule has 2 aliphatic carbocycles. The third kappa shape index (κ3) is 4.75. The minimum atomic E-state index is 0.00513. The smallest absolute Gasteiger partial charge is 0.230 e. The molecule has 1 saturated heterocycles. The predicted molar refractivity (Wildman–Crippen MR) is 122 cm³/mol. The Morgan fingerprint density at radius 1 is 1.19 bits per heavy atom. The quantitative estimate of drug-likeness (QED) is 0.665. The van der Waals surface area contributed by atoms with Gasteiger partial charge in [0.1, 0.15) is 0 Å². The molecule has 2 aromatic rings. The van der Waals surface area contributed by atoms with Gasteiger partial charge in [-0.1, -0.05) is 30.0 Å². The van der Waals surface area contributed by atoms with E-state index in [0.717, 1.165) is 56.7 Å². The number of carbonyl (C=O) groups is 1. The molecule has 7 nitrogen and oxygen atoms in total. The molecule has 0 spiro atoms. The van der Waals surface area contributed by atoms with Crippen LogP contribution in [0.15, 0.2) is 23.4 Å². The van der Waals surface area contributed by atoms with Crippen LogP contribution < -0.4 is 10.2 Å².